The van der Waals surface area contributed by atoms with Crippen LogP contribution in [0, 0.1) is 23.7 Å². The molecule has 0 aliphatic heterocycles. The van der Waals surface area contributed by atoms with Gasteiger partial charge in [0.2, 0.25) is 0 Å². The van der Waals surface area contributed by atoms with Crippen LogP contribution in [-0.2, 0) is 14.3 Å². The monoisotopic (exact) mass is 210 g/mol. The number of ether oxygens (including phenoxy) is 1. The first-order valence-electron chi connectivity index (χ1n) is 5.12. The number of fused-ring (bicyclic) bond motifs is 2. The molecule has 0 saturated heterocycles. The molecule has 0 radical (unpaired) electrons. The van der Waals surface area contributed by atoms with Crippen molar-refractivity contribution in [3.05, 3.63) is 12.2 Å². The summed E-state index contributed by atoms with van der Waals surface area (Å²) in [7, 11) is 1.32. The molecule has 4 nitrogen and oxygen atoms in total. The number of methoxy groups -OCH3 is 1. The highest BCUT2D eigenvalue weighted by Crippen LogP contribution is 2.47. The predicted octanol–water partition coefficient (Wildman–Crippen LogP) is 1.07. The van der Waals surface area contributed by atoms with E-state index in [2.05, 4.69) is 0 Å². The summed E-state index contributed by atoms with van der Waals surface area (Å²) < 4.78 is 4.69. The number of hydrogen-bond donors (Lipinski definition) is 1. The molecule has 1 saturated carbocycles. The third-order valence-electron chi connectivity index (χ3n) is 3.51. The van der Waals surface area contributed by atoms with E-state index in [0.29, 0.717) is 0 Å². The maximum atomic E-state index is 11.6. The summed E-state index contributed by atoms with van der Waals surface area (Å²) in [4.78, 5) is 22.7. The van der Waals surface area contributed by atoms with Crippen molar-refractivity contribution in [2.24, 2.45) is 23.7 Å². The van der Waals surface area contributed by atoms with Crippen LogP contribution in [0.2, 0.25) is 0 Å². The van der Waals surface area contributed by atoms with E-state index in [4.69, 9.17) is 9.84 Å². The smallest absolute Gasteiger partial charge is 0.309 e. The minimum absolute atomic E-state index is 0.00495. The maximum Gasteiger partial charge on any atom is 0.309 e. The van der Waals surface area contributed by atoms with Crippen LogP contribution in [0.4, 0.5) is 0 Å². The largest absolute Gasteiger partial charge is 0.481 e. The SMILES string of the molecule is COC(=O)C1C2CC=CC(C2)C1C(=O)O. The summed E-state index contributed by atoms with van der Waals surface area (Å²) in [6.45, 7) is 0. The third-order valence-corrected chi connectivity index (χ3v) is 3.51. The van der Waals surface area contributed by atoms with Crippen molar-refractivity contribution in [1.29, 1.82) is 0 Å². The molecule has 15 heavy (non-hydrogen) atoms. The number of carbonyl (C=O) groups excluding carboxylic acids is 1. The van der Waals surface area contributed by atoms with E-state index in [-0.39, 0.29) is 17.8 Å². The topological polar surface area (TPSA) is 63.6 Å². The average molecular weight is 210 g/mol. The van der Waals surface area contributed by atoms with Crippen molar-refractivity contribution in [2.45, 2.75) is 12.8 Å². The molecule has 1 fully saturated rings. The molecular formula is C11H14O4. The minimum atomic E-state index is -0.885. The quantitative estimate of drug-likeness (QED) is 0.547. The molecule has 4 heteroatoms. The molecule has 2 aliphatic rings. The van der Waals surface area contributed by atoms with E-state index in [1.807, 2.05) is 12.2 Å². The number of aliphatic carboxylic acids is 1. The van der Waals surface area contributed by atoms with E-state index >= 15 is 0 Å². The van der Waals surface area contributed by atoms with Gasteiger partial charge in [0, 0.05) is 0 Å². The summed E-state index contributed by atoms with van der Waals surface area (Å²) in [5.74, 6) is -2.17. The summed E-state index contributed by atoms with van der Waals surface area (Å²) >= 11 is 0. The maximum absolute atomic E-state index is 11.6. The van der Waals surface area contributed by atoms with Gasteiger partial charge in [-0.15, -0.1) is 0 Å². The van der Waals surface area contributed by atoms with Crippen LogP contribution in [0.3, 0.4) is 0 Å². The Morgan fingerprint density at radius 1 is 1.40 bits per heavy atom. The lowest BCUT2D eigenvalue weighted by Gasteiger charge is -2.18. The van der Waals surface area contributed by atoms with Gasteiger partial charge < -0.3 is 9.84 Å². The van der Waals surface area contributed by atoms with Crippen molar-refractivity contribution in [1.82, 2.24) is 0 Å². The second-order valence-corrected chi connectivity index (χ2v) is 4.24. The highest BCUT2D eigenvalue weighted by molar-refractivity contribution is 5.82. The van der Waals surface area contributed by atoms with E-state index in [9.17, 15) is 9.59 Å². The van der Waals surface area contributed by atoms with Crippen LogP contribution in [-0.4, -0.2) is 24.2 Å². The molecule has 0 aromatic carbocycles. The average Bonchev–Trinajstić information content (AvgIpc) is 2.49. The van der Waals surface area contributed by atoms with E-state index < -0.39 is 17.8 Å². The molecule has 0 spiro atoms. The number of carbonyl (C=O) groups is 2. The summed E-state index contributed by atoms with van der Waals surface area (Å²) in [5, 5.41) is 9.13. The Bertz CT molecular complexity index is 321. The van der Waals surface area contributed by atoms with E-state index in [0.717, 1.165) is 12.8 Å². The highest BCUT2D eigenvalue weighted by atomic mass is 16.5. The van der Waals surface area contributed by atoms with Crippen molar-refractivity contribution in [3.63, 3.8) is 0 Å². The Labute approximate surface area is 87.9 Å². The Morgan fingerprint density at radius 3 is 2.73 bits per heavy atom. The molecule has 2 rings (SSSR count). The second-order valence-electron chi connectivity index (χ2n) is 4.24. The molecule has 4 unspecified atom stereocenters. The lowest BCUT2D eigenvalue weighted by Crippen LogP contribution is -2.31. The molecule has 82 valence electrons. The van der Waals surface area contributed by atoms with E-state index in [1.165, 1.54) is 7.11 Å². The van der Waals surface area contributed by atoms with Crippen LogP contribution in [0.1, 0.15) is 12.8 Å². The molecular weight excluding hydrogens is 196 g/mol. The number of carboxylic acid groups (broad SMARTS) is 1. The number of esters is 1. The van der Waals surface area contributed by atoms with Gasteiger partial charge in [0.15, 0.2) is 0 Å². The Balaban J connectivity index is 2.28. The minimum Gasteiger partial charge on any atom is -0.481 e. The van der Waals surface area contributed by atoms with Gasteiger partial charge in [-0.1, -0.05) is 12.2 Å². The molecule has 0 aromatic heterocycles. The molecule has 0 heterocycles. The lowest BCUT2D eigenvalue weighted by molar-refractivity contribution is -0.156. The van der Waals surface area contributed by atoms with Crippen LogP contribution < -0.4 is 0 Å². The second kappa shape index (κ2) is 3.68. The lowest BCUT2D eigenvalue weighted by atomic mass is 9.88. The normalized spacial score (nSPS) is 37.7. The van der Waals surface area contributed by atoms with Crippen molar-refractivity contribution in [3.8, 4) is 0 Å². The standard InChI is InChI=1S/C11H14O4/c1-15-11(14)9-7-4-2-3-6(5-7)8(9)10(12)13/h2-3,6-9H,4-5H2,1H3,(H,12,13). The van der Waals surface area contributed by atoms with Crippen molar-refractivity contribution >= 4 is 11.9 Å². The van der Waals surface area contributed by atoms with Gasteiger partial charge in [-0.3, -0.25) is 9.59 Å². The van der Waals surface area contributed by atoms with Gasteiger partial charge >= 0.3 is 11.9 Å². The summed E-state index contributed by atoms with van der Waals surface area (Å²) in [5.41, 5.74) is 0. The summed E-state index contributed by atoms with van der Waals surface area (Å²) in [6.07, 6.45) is 5.50. The third kappa shape index (κ3) is 1.54. The number of carboxylic acids is 1. The number of rotatable bonds is 2. The van der Waals surface area contributed by atoms with Gasteiger partial charge in [0.25, 0.3) is 0 Å². The molecule has 2 bridgehead atoms. The Hall–Kier alpha value is -1.32. The van der Waals surface area contributed by atoms with Crippen molar-refractivity contribution < 1.29 is 19.4 Å². The fraction of sp³-hybridized carbons (Fsp3) is 0.636. The summed E-state index contributed by atoms with van der Waals surface area (Å²) in [6, 6.07) is 0. The van der Waals surface area contributed by atoms with Gasteiger partial charge in [0.1, 0.15) is 0 Å². The van der Waals surface area contributed by atoms with Crippen LogP contribution in [0.15, 0.2) is 12.2 Å². The van der Waals surface area contributed by atoms with Crippen molar-refractivity contribution in [2.75, 3.05) is 7.11 Å². The fourth-order valence-corrected chi connectivity index (χ4v) is 2.88. The van der Waals surface area contributed by atoms with Gasteiger partial charge in [0.05, 0.1) is 18.9 Å². The molecule has 2 aliphatic carbocycles. The first-order chi connectivity index (χ1) is 7.15. The molecule has 0 amide bonds. The van der Waals surface area contributed by atoms with Gasteiger partial charge in [-0.25, -0.2) is 0 Å². The molecule has 0 aromatic rings. The first-order valence-corrected chi connectivity index (χ1v) is 5.12. The van der Waals surface area contributed by atoms with E-state index in [1.54, 1.807) is 0 Å². The molecule has 4 atom stereocenters. The van der Waals surface area contributed by atoms with Crippen LogP contribution in [0.5, 0.6) is 0 Å². The van der Waals surface area contributed by atoms with Crippen LogP contribution >= 0.6 is 0 Å². The number of hydrogen-bond acceptors (Lipinski definition) is 3. The zero-order valence-corrected chi connectivity index (χ0v) is 8.55. The Morgan fingerprint density at radius 2 is 2.13 bits per heavy atom. The predicted molar refractivity (Wildman–Crippen MR) is 52.0 cm³/mol. The molecule has 1 N–H and O–H groups in total. The Kier molecular flexibility index (Phi) is 2.50. The first kappa shape index (κ1) is 10.2. The van der Waals surface area contributed by atoms with Crippen LogP contribution in [0.25, 0.3) is 0 Å². The van der Waals surface area contributed by atoms with Gasteiger partial charge in [-0.2, -0.15) is 0 Å². The van der Waals surface area contributed by atoms with Gasteiger partial charge in [-0.05, 0) is 24.7 Å². The number of allylic oxidation sites excluding steroid dienone is 2. The highest BCUT2D eigenvalue weighted by Gasteiger charge is 2.51. The zero-order valence-electron chi connectivity index (χ0n) is 8.55. The zero-order chi connectivity index (χ0) is 11.0. The fourth-order valence-electron chi connectivity index (χ4n) is 2.88.